The molecule has 0 aromatic heterocycles. The second kappa shape index (κ2) is 6.25. The fraction of sp³-hybridized carbons (Fsp3) is 0.143. The van der Waals surface area contributed by atoms with Gasteiger partial charge < -0.3 is 5.11 Å². The Labute approximate surface area is 136 Å². The maximum Gasteiger partial charge on any atom is 0.263 e. The number of nitrogens with one attached hydrogen (secondary N) is 1. The third-order valence-electron chi connectivity index (χ3n) is 2.90. The molecule has 0 amide bonds. The van der Waals surface area contributed by atoms with Crippen LogP contribution in [0.1, 0.15) is 12.5 Å². The summed E-state index contributed by atoms with van der Waals surface area (Å²) in [4.78, 5) is -0.0475. The molecule has 0 atom stereocenters. The molecule has 0 aliphatic heterocycles. The van der Waals surface area contributed by atoms with Gasteiger partial charge in [0.1, 0.15) is 10.6 Å². The maximum absolute atomic E-state index is 12.4. The lowest BCUT2D eigenvalue weighted by atomic mass is 10.1. The Morgan fingerprint density at radius 3 is 2.57 bits per heavy atom. The summed E-state index contributed by atoms with van der Waals surface area (Å²) in [7, 11) is -3.87. The van der Waals surface area contributed by atoms with E-state index >= 15 is 0 Å². The third kappa shape index (κ3) is 3.70. The van der Waals surface area contributed by atoms with Crippen LogP contribution in [0.3, 0.4) is 0 Å². The number of halogens is 2. The van der Waals surface area contributed by atoms with Crippen molar-refractivity contribution in [1.82, 2.24) is 0 Å². The zero-order chi connectivity index (χ0) is 15.6. The topological polar surface area (TPSA) is 66.4 Å². The summed E-state index contributed by atoms with van der Waals surface area (Å²) in [6, 6.07) is 9.27. The SMILES string of the molecule is CCc1ccc(O)c(NS(=O)(=O)c2ccc(Br)cc2Cl)c1. The van der Waals surface area contributed by atoms with Crippen LogP contribution in [0, 0.1) is 0 Å². The van der Waals surface area contributed by atoms with Crippen molar-refractivity contribution in [2.45, 2.75) is 18.2 Å². The molecule has 112 valence electrons. The quantitative estimate of drug-likeness (QED) is 0.770. The van der Waals surface area contributed by atoms with E-state index in [4.69, 9.17) is 11.6 Å². The highest BCUT2D eigenvalue weighted by molar-refractivity contribution is 9.10. The summed E-state index contributed by atoms with van der Waals surface area (Å²) in [5.41, 5.74) is 1.04. The molecule has 0 aliphatic carbocycles. The Morgan fingerprint density at radius 2 is 1.95 bits per heavy atom. The molecular formula is C14H13BrClNO3S. The predicted octanol–water partition coefficient (Wildman–Crippen LogP) is 4.17. The zero-order valence-corrected chi connectivity index (χ0v) is 14.3. The lowest BCUT2D eigenvalue weighted by Crippen LogP contribution is -2.13. The van der Waals surface area contributed by atoms with Crippen LogP contribution in [0.15, 0.2) is 45.8 Å². The number of phenols is 1. The van der Waals surface area contributed by atoms with Crippen molar-refractivity contribution in [2.75, 3.05) is 4.72 Å². The van der Waals surface area contributed by atoms with Gasteiger partial charge in [0.15, 0.2) is 0 Å². The van der Waals surface area contributed by atoms with Crippen molar-refractivity contribution in [2.24, 2.45) is 0 Å². The standard InChI is InChI=1S/C14H13BrClNO3S/c1-2-9-3-5-13(18)12(7-9)17-21(19,20)14-6-4-10(15)8-11(14)16/h3-8,17-18H,2H2,1H3. The molecule has 0 heterocycles. The second-order valence-corrected chi connectivity index (χ2v) is 7.36. The van der Waals surface area contributed by atoms with Crippen LogP contribution in [0.5, 0.6) is 5.75 Å². The van der Waals surface area contributed by atoms with Crippen molar-refractivity contribution in [3.8, 4) is 5.75 Å². The maximum atomic E-state index is 12.4. The van der Waals surface area contributed by atoms with Crippen LogP contribution in [0.25, 0.3) is 0 Å². The van der Waals surface area contributed by atoms with Crippen LogP contribution in [-0.4, -0.2) is 13.5 Å². The first-order chi connectivity index (χ1) is 9.83. The molecule has 2 aromatic carbocycles. The number of hydrogen-bond donors (Lipinski definition) is 2. The third-order valence-corrected chi connectivity index (χ3v) is 5.24. The number of anilines is 1. The number of sulfonamides is 1. The highest BCUT2D eigenvalue weighted by Gasteiger charge is 2.19. The highest BCUT2D eigenvalue weighted by Crippen LogP contribution is 2.30. The summed E-state index contributed by atoms with van der Waals surface area (Å²) < 4.78 is 27.8. The molecular weight excluding hydrogens is 378 g/mol. The highest BCUT2D eigenvalue weighted by atomic mass is 79.9. The second-order valence-electron chi connectivity index (χ2n) is 4.39. The van der Waals surface area contributed by atoms with E-state index < -0.39 is 10.0 Å². The number of hydrogen-bond acceptors (Lipinski definition) is 3. The Kier molecular flexibility index (Phi) is 4.81. The zero-order valence-electron chi connectivity index (χ0n) is 11.1. The largest absolute Gasteiger partial charge is 0.506 e. The van der Waals surface area contributed by atoms with E-state index in [2.05, 4.69) is 20.7 Å². The number of phenolic OH excluding ortho intramolecular Hbond substituents is 1. The molecule has 21 heavy (non-hydrogen) atoms. The normalized spacial score (nSPS) is 11.4. The van der Waals surface area contributed by atoms with Gasteiger partial charge in [-0.05, 0) is 42.3 Å². The minimum absolute atomic E-state index is 0.0475. The van der Waals surface area contributed by atoms with Crippen molar-refractivity contribution in [3.63, 3.8) is 0 Å². The number of aryl methyl sites for hydroxylation is 1. The van der Waals surface area contributed by atoms with Crippen molar-refractivity contribution < 1.29 is 13.5 Å². The van der Waals surface area contributed by atoms with Gasteiger partial charge in [0.05, 0.1) is 10.7 Å². The molecule has 0 bridgehead atoms. The Hall–Kier alpha value is -1.24. The van der Waals surface area contributed by atoms with Crippen molar-refractivity contribution in [1.29, 1.82) is 0 Å². The molecule has 2 aromatic rings. The van der Waals surface area contributed by atoms with E-state index in [9.17, 15) is 13.5 Å². The summed E-state index contributed by atoms with van der Waals surface area (Å²) in [5.74, 6) is -0.135. The van der Waals surface area contributed by atoms with E-state index in [-0.39, 0.29) is 21.4 Å². The van der Waals surface area contributed by atoms with Gasteiger partial charge in [-0.15, -0.1) is 0 Å². The first-order valence-corrected chi connectivity index (χ1v) is 8.78. The van der Waals surface area contributed by atoms with Crippen LogP contribution in [-0.2, 0) is 16.4 Å². The van der Waals surface area contributed by atoms with E-state index in [1.807, 2.05) is 6.92 Å². The van der Waals surface area contributed by atoms with E-state index in [0.717, 1.165) is 12.0 Å². The fourth-order valence-electron chi connectivity index (χ4n) is 1.78. The van der Waals surface area contributed by atoms with Crippen molar-refractivity contribution in [3.05, 3.63) is 51.5 Å². The Balaban J connectivity index is 2.42. The van der Waals surface area contributed by atoms with Gasteiger partial charge >= 0.3 is 0 Å². The van der Waals surface area contributed by atoms with Gasteiger partial charge in [0, 0.05) is 4.47 Å². The molecule has 2 N–H and O–H groups in total. The predicted molar refractivity (Wildman–Crippen MR) is 87.4 cm³/mol. The van der Waals surface area contributed by atoms with Crippen molar-refractivity contribution >= 4 is 43.2 Å². The monoisotopic (exact) mass is 389 g/mol. The summed E-state index contributed by atoms with van der Waals surface area (Å²) >= 11 is 9.19. The Bertz CT molecular complexity index is 778. The lowest BCUT2D eigenvalue weighted by Gasteiger charge is -2.12. The molecule has 0 saturated heterocycles. The van der Waals surface area contributed by atoms with Gasteiger partial charge in [-0.1, -0.05) is 40.5 Å². The number of rotatable bonds is 4. The molecule has 0 radical (unpaired) electrons. The van der Waals surface area contributed by atoms with E-state index in [0.29, 0.717) is 4.47 Å². The van der Waals surface area contributed by atoms with Crippen LogP contribution < -0.4 is 4.72 Å². The molecule has 0 aliphatic rings. The molecule has 0 saturated carbocycles. The first kappa shape index (κ1) is 16.1. The number of aromatic hydroxyl groups is 1. The van der Waals surface area contributed by atoms with Gasteiger partial charge in [0.25, 0.3) is 10.0 Å². The Morgan fingerprint density at radius 1 is 1.24 bits per heavy atom. The van der Waals surface area contributed by atoms with E-state index in [1.54, 1.807) is 18.2 Å². The van der Waals surface area contributed by atoms with E-state index in [1.165, 1.54) is 18.2 Å². The average molecular weight is 391 g/mol. The van der Waals surface area contributed by atoms with Gasteiger partial charge in [-0.25, -0.2) is 8.42 Å². The first-order valence-electron chi connectivity index (χ1n) is 6.13. The summed E-state index contributed by atoms with van der Waals surface area (Å²) in [6.07, 6.45) is 0.730. The average Bonchev–Trinajstić information content (AvgIpc) is 2.40. The minimum atomic E-state index is -3.87. The molecule has 4 nitrogen and oxygen atoms in total. The van der Waals surface area contributed by atoms with Gasteiger partial charge in [-0.3, -0.25) is 4.72 Å². The van der Waals surface area contributed by atoms with Crippen LogP contribution in [0.4, 0.5) is 5.69 Å². The fourth-order valence-corrected chi connectivity index (χ4v) is 3.88. The molecule has 7 heteroatoms. The molecule has 0 fully saturated rings. The van der Waals surface area contributed by atoms with Crippen LogP contribution in [0.2, 0.25) is 5.02 Å². The molecule has 0 unspecified atom stereocenters. The summed E-state index contributed by atoms with van der Waals surface area (Å²) in [5, 5.41) is 9.89. The minimum Gasteiger partial charge on any atom is -0.506 e. The number of benzene rings is 2. The van der Waals surface area contributed by atoms with Gasteiger partial charge in [-0.2, -0.15) is 0 Å². The van der Waals surface area contributed by atoms with Gasteiger partial charge in [0.2, 0.25) is 0 Å². The molecule has 2 rings (SSSR count). The lowest BCUT2D eigenvalue weighted by molar-refractivity contribution is 0.477. The summed E-state index contributed by atoms with van der Waals surface area (Å²) in [6.45, 7) is 1.94. The molecule has 0 spiro atoms. The smallest absolute Gasteiger partial charge is 0.263 e. The van der Waals surface area contributed by atoms with Crippen LogP contribution >= 0.6 is 27.5 Å².